The Morgan fingerprint density at radius 2 is 1.81 bits per heavy atom. The van der Waals surface area contributed by atoms with Crippen LogP contribution in [0.3, 0.4) is 0 Å². The number of benzene rings is 1. The lowest BCUT2D eigenvalue weighted by Gasteiger charge is -2.35. The zero-order chi connectivity index (χ0) is 23.6. The quantitative estimate of drug-likeness (QED) is 0.594. The lowest BCUT2D eigenvalue weighted by molar-refractivity contribution is -0.128. The normalized spacial score (nSPS) is 15.3. The number of hydrogen-bond acceptors (Lipinski definition) is 7. The number of Topliss-reactive ketones (excluding diaryl/α,β-unsaturated/α-hetero) is 1. The molecule has 3 rings (SSSR count). The standard InChI is InChI=1S/C22H29N5O5/c1-5-13(6-2)24-20(29)17-12-27(14-9-7-8-10-16(14)32-17)11-15(28)18-19(23)25(3)22(31)26(4)21(18)30/h7-10,13,17H,5-6,11-12,23H2,1-4H3,(H,24,29). The van der Waals surface area contributed by atoms with E-state index in [4.69, 9.17) is 10.5 Å². The summed E-state index contributed by atoms with van der Waals surface area (Å²) in [5, 5.41) is 2.97. The van der Waals surface area contributed by atoms with Crippen molar-refractivity contribution in [3.05, 3.63) is 50.7 Å². The van der Waals surface area contributed by atoms with Crippen LogP contribution >= 0.6 is 0 Å². The fourth-order valence-electron chi connectivity index (χ4n) is 3.75. The van der Waals surface area contributed by atoms with E-state index >= 15 is 0 Å². The molecule has 1 aromatic carbocycles. The second kappa shape index (κ2) is 9.29. The van der Waals surface area contributed by atoms with Crippen LogP contribution in [0.2, 0.25) is 0 Å². The van der Waals surface area contributed by atoms with Gasteiger partial charge in [-0.3, -0.25) is 23.5 Å². The van der Waals surface area contributed by atoms with Crippen LogP contribution in [0.4, 0.5) is 11.5 Å². The fourth-order valence-corrected chi connectivity index (χ4v) is 3.75. The third-order valence-corrected chi connectivity index (χ3v) is 5.81. The molecular weight excluding hydrogens is 414 g/mol. The smallest absolute Gasteiger partial charge is 0.332 e. The molecular formula is C22H29N5O5. The van der Waals surface area contributed by atoms with Crippen LogP contribution in [-0.2, 0) is 18.9 Å². The minimum absolute atomic E-state index is 0.0341. The van der Waals surface area contributed by atoms with Gasteiger partial charge in [0.15, 0.2) is 11.9 Å². The third-order valence-electron chi connectivity index (χ3n) is 5.81. The molecule has 1 unspecified atom stereocenters. The molecule has 0 saturated carbocycles. The SMILES string of the molecule is CCC(CC)NC(=O)C1CN(CC(=O)c2c(N)n(C)c(=O)n(C)c2=O)c2ccccc2O1. The summed E-state index contributed by atoms with van der Waals surface area (Å²) in [5.74, 6) is -0.525. The van der Waals surface area contributed by atoms with Crippen molar-refractivity contribution in [1.29, 1.82) is 0 Å². The molecule has 1 aliphatic heterocycles. The highest BCUT2D eigenvalue weighted by molar-refractivity contribution is 6.02. The molecule has 3 N–H and O–H groups in total. The molecule has 1 aliphatic rings. The summed E-state index contributed by atoms with van der Waals surface area (Å²) in [4.78, 5) is 52.3. The molecule has 2 aromatic rings. The van der Waals surface area contributed by atoms with Gasteiger partial charge in [-0.2, -0.15) is 0 Å². The number of aromatic nitrogens is 2. The molecule has 0 fully saturated rings. The van der Waals surface area contributed by atoms with Crippen molar-refractivity contribution >= 4 is 23.2 Å². The van der Waals surface area contributed by atoms with Crippen molar-refractivity contribution in [3.63, 3.8) is 0 Å². The number of carbonyl (C=O) groups is 2. The number of rotatable bonds is 7. The Morgan fingerprint density at radius 1 is 1.16 bits per heavy atom. The Bertz CT molecular complexity index is 1150. The summed E-state index contributed by atoms with van der Waals surface area (Å²) in [6, 6.07) is 7.11. The molecule has 0 aliphatic carbocycles. The van der Waals surface area contributed by atoms with Crippen LogP contribution in [-0.4, -0.2) is 46.1 Å². The molecule has 172 valence electrons. The highest BCUT2D eigenvalue weighted by atomic mass is 16.5. The predicted octanol–water partition coefficient (Wildman–Crippen LogP) is 0.421. The average molecular weight is 444 g/mol. The van der Waals surface area contributed by atoms with Gasteiger partial charge in [-0.05, 0) is 25.0 Å². The third kappa shape index (κ3) is 4.25. The van der Waals surface area contributed by atoms with E-state index in [1.165, 1.54) is 14.1 Å². The minimum atomic E-state index is -0.821. The average Bonchev–Trinajstić information content (AvgIpc) is 2.79. The number of fused-ring (bicyclic) bond motifs is 1. The van der Waals surface area contributed by atoms with Crippen molar-refractivity contribution in [2.45, 2.75) is 38.8 Å². The molecule has 10 nitrogen and oxygen atoms in total. The molecule has 0 bridgehead atoms. The first-order valence-corrected chi connectivity index (χ1v) is 10.6. The van der Waals surface area contributed by atoms with Crippen LogP contribution in [0.15, 0.2) is 33.9 Å². The summed E-state index contributed by atoms with van der Waals surface area (Å²) in [6.07, 6.45) is 0.769. The monoisotopic (exact) mass is 443 g/mol. The van der Waals surface area contributed by atoms with Gasteiger partial charge in [0.05, 0.1) is 18.8 Å². The largest absolute Gasteiger partial charge is 0.477 e. The number of hydrogen-bond donors (Lipinski definition) is 2. The number of ketones is 1. The molecule has 1 aromatic heterocycles. The first-order valence-electron chi connectivity index (χ1n) is 10.6. The number of nitrogen functional groups attached to an aromatic ring is 1. The lowest BCUT2D eigenvalue weighted by Crippen LogP contribution is -2.52. The Morgan fingerprint density at radius 3 is 2.47 bits per heavy atom. The predicted molar refractivity (Wildman–Crippen MR) is 121 cm³/mol. The number of nitrogens with two attached hydrogens (primary N) is 1. The minimum Gasteiger partial charge on any atom is -0.477 e. The van der Waals surface area contributed by atoms with Crippen LogP contribution in [0, 0.1) is 0 Å². The van der Waals surface area contributed by atoms with E-state index < -0.39 is 23.1 Å². The van der Waals surface area contributed by atoms with Crippen LogP contribution < -0.4 is 31.9 Å². The Kier molecular flexibility index (Phi) is 6.71. The maximum absolute atomic E-state index is 13.1. The van der Waals surface area contributed by atoms with Gasteiger partial charge >= 0.3 is 5.69 Å². The Balaban J connectivity index is 1.92. The van der Waals surface area contributed by atoms with Gasteiger partial charge in [0.1, 0.15) is 17.1 Å². The number of anilines is 2. The first-order chi connectivity index (χ1) is 15.2. The van der Waals surface area contributed by atoms with Crippen LogP contribution in [0.5, 0.6) is 5.75 Å². The molecule has 1 amide bonds. The van der Waals surface area contributed by atoms with Gasteiger partial charge in [0, 0.05) is 20.1 Å². The van der Waals surface area contributed by atoms with Crippen molar-refractivity contribution in [1.82, 2.24) is 14.5 Å². The summed E-state index contributed by atoms with van der Waals surface area (Å²) in [7, 11) is 2.69. The van der Waals surface area contributed by atoms with Gasteiger partial charge < -0.3 is 20.7 Å². The first kappa shape index (κ1) is 23.1. The van der Waals surface area contributed by atoms with E-state index in [2.05, 4.69) is 5.32 Å². The Hall–Kier alpha value is -3.56. The Labute approximate surface area is 185 Å². The number of ether oxygens (including phenoxy) is 1. The number of nitrogens with one attached hydrogen (secondary N) is 1. The molecule has 0 saturated heterocycles. The molecule has 0 radical (unpaired) electrons. The van der Waals surface area contributed by atoms with E-state index in [-0.39, 0.29) is 36.4 Å². The topological polar surface area (TPSA) is 129 Å². The van der Waals surface area contributed by atoms with Crippen LogP contribution in [0.25, 0.3) is 0 Å². The zero-order valence-electron chi connectivity index (χ0n) is 18.8. The van der Waals surface area contributed by atoms with Gasteiger partial charge in [0.25, 0.3) is 11.5 Å². The van der Waals surface area contributed by atoms with Crippen LogP contribution in [0.1, 0.15) is 37.0 Å². The van der Waals surface area contributed by atoms with E-state index in [1.54, 1.807) is 29.2 Å². The van der Waals surface area contributed by atoms with Crippen molar-refractivity contribution in [3.8, 4) is 5.75 Å². The maximum atomic E-state index is 13.1. The van der Waals surface area contributed by atoms with Gasteiger partial charge in [-0.25, -0.2) is 4.79 Å². The number of amides is 1. The van der Waals surface area contributed by atoms with E-state index in [0.717, 1.165) is 22.0 Å². The van der Waals surface area contributed by atoms with E-state index in [0.29, 0.717) is 11.4 Å². The van der Waals surface area contributed by atoms with E-state index in [1.807, 2.05) is 13.8 Å². The zero-order valence-corrected chi connectivity index (χ0v) is 18.8. The van der Waals surface area contributed by atoms with Crippen molar-refractivity contribution in [2.75, 3.05) is 23.7 Å². The molecule has 1 atom stereocenters. The fraction of sp³-hybridized carbons (Fsp3) is 0.455. The summed E-state index contributed by atoms with van der Waals surface area (Å²) >= 11 is 0. The maximum Gasteiger partial charge on any atom is 0.332 e. The molecule has 10 heteroatoms. The van der Waals surface area contributed by atoms with Gasteiger partial charge in [-0.1, -0.05) is 26.0 Å². The highest BCUT2D eigenvalue weighted by Gasteiger charge is 2.33. The highest BCUT2D eigenvalue weighted by Crippen LogP contribution is 2.33. The van der Waals surface area contributed by atoms with Crippen molar-refractivity contribution in [2.24, 2.45) is 14.1 Å². The second-order valence-corrected chi connectivity index (χ2v) is 7.87. The second-order valence-electron chi connectivity index (χ2n) is 7.87. The summed E-state index contributed by atoms with van der Waals surface area (Å²) in [6.45, 7) is 3.91. The lowest BCUT2D eigenvalue weighted by atomic mass is 10.1. The number of carbonyl (C=O) groups excluding carboxylic acids is 2. The molecule has 0 spiro atoms. The molecule has 32 heavy (non-hydrogen) atoms. The summed E-state index contributed by atoms with van der Waals surface area (Å²) in [5.41, 5.74) is 4.95. The van der Waals surface area contributed by atoms with E-state index in [9.17, 15) is 19.2 Å². The number of para-hydroxylation sites is 2. The van der Waals surface area contributed by atoms with Crippen molar-refractivity contribution < 1.29 is 14.3 Å². The number of nitrogens with zero attached hydrogens (tertiary/aromatic N) is 3. The van der Waals surface area contributed by atoms with Gasteiger partial charge in [0.2, 0.25) is 0 Å². The van der Waals surface area contributed by atoms with Gasteiger partial charge in [-0.15, -0.1) is 0 Å². The molecule has 2 heterocycles. The summed E-state index contributed by atoms with van der Waals surface area (Å²) < 4.78 is 7.81.